The van der Waals surface area contributed by atoms with Crippen LogP contribution in [0.3, 0.4) is 0 Å². The molecule has 218 valence electrons. The van der Waals surface area contributed by atoms with Crippen LogP contribution in [0.5, 0.6) is 5.75 Å². The fraction of sp³-hybridized carbons (Fsp3) is 0.394. The topological polar surface area (TPSA) is 94.1 Å². The highest BCUT2D eigenvalue weighted by atomic mass is 16.6. The number of carbonyl (C=O) groups is 2. The number of hydrogen-bond acceptors (Lipinski definition) is 6. The molecule has 8 heteroatoms. The number of amides is 2. The normalized spacial score (nSPS) is 14.0. The van der Waals surface area contributed by atoms with Crippen LogP contribution < -0.4 is 10.7 Å². The first-order chi connectivity index (χ1) is 20.0. The van der Waals surface area contributed by atoms with Crippen LogP contribution >= 0.6 is 0 Å². The number of carbonyl (C=O) groups excluding carboxylic acids is 2. The molecule has 0 radical (unpaired) electrons. The lowest BCUT2D eigenvalue weighted by Crippen LogP contribution is -2.45. The van der Waals surface area contributed by atoms with Crippen LogP contribution in [0, 0.1) is 0 Å². The van der Waals surface area contributed by atoms with E-state index in [9.17, 15) is 14.7 Å². The second kappa shape index (κ2) is 15.8. The molecule has 0 atom stereocenters. The number of aromatic hydroxyl groups is 1. The number of nitrogens with one attached hydrogen (secondary N) is 2. The molecule has 3 aromatic carbocycles. The van der Waals surface area contributed by atoms with E-state index in [4.69, 9.17) is 4.74 Å². The zero-order chi connectivity index (χ0) is 28.9. The second-order valence-electron chi connectivity index (χ2n) is 10.5. The van der Waals surface area contributed by atoms with E-state index >= 15 is 0 Å². The van der Waals surface area contributed by atoms with Crippen molar-refractivity contribution in [2.24, 2.45) is 0 Å². The minimum absolute atomic E-state index is 0.0784. The van der Waals surface area contributed by atoms with Gasteiger partial charge in [-0.25, -0.2) is 10.2 Å². The summed E-state index contributed by atoms with van der Waals surface area (Å²) in [5.74, 6) is 0.308. The molecule has 0 aromatic heterocycles. The summed E-state index contributed by atoms with van der Waals surface area (Å²) in [6, 6.07) is 24.7. The highest BCUT2D eigenvalue weighted by Gasteiger charge is 2.24. The van der Waals surface area contributed by atoms with Crippen molar-refractivity contribution < 1.29 is 19.4 Å². The fourth-order valence-corrected chi connectivity index (χ4v) is 5.00. The lowest BCUT2D eigenvalue weighted by atomic mass is 10.0. The standard InChI is InChI=1S/C33H42N4O4/c1-2-3-9-21-37(34-25-26-14-16-28(38)17-15-26)32(39)20-24-36-22-18-29(19-23-36)41-33(40)35-31-13-8-7-12-30(31)27-10-5-4-6-11-27/h4-8,10-17,29,34,38H,2-3,9,18-25H2,1H3,(H,35,40). The van der Waals surface area contributed by atoms with Crippen molar-refractivity contribution in [3.8, 4) is 16.9 Å². The molecular weight excluding hydrogens is 516 g/mol. The number of piperidine rings is 1. The summed E-state index contributed by atoms with van der Waals surface area (Å²) in [5, 5.41) is 14.2. The molecule has 1 heterocycles. The lowest BCUT2D eigenvalue weighted by molar-refractivity contribution is -0.135. The van der Waals surface area contributed by atoms with E-state index < -0.39 is 6.09 Å². The number of hydrogen-bond donors (Lipinski definition) is 3. The minimum Gasteiger partial charge on any atom is -0.508 e. The molecule has 0 spiro atoms. The molecule has 0 unspecified atom stereocenters. The summed E-state index contributed by atoms with van der Waals surface area (Å²) >= 11 is 0. The molecule has 0 saturated carbocycles. The molecule has 1 fully saturated rings. The highest BCUT2D eigenvalue weighted by molar-refractivity contribution is 5.91. The molecule has 1 saturated heterocycles. The van der Waals surface area contributed by atoms with Crippen LogP contribution in [0.2, 0.25) is 0 Å². The van der Waals surface area contributed by atoms with E-state index in [1.54, 1.807) is 17.1 Å². The van der Waals surface area contributed by atoms with Gasteiger partial charge in [0, 0.05) is 44.7 Å². The maximum Gasteiger partial charge on any atom is 0.411 e. The van der Waals surface area contributed by atoms with Gasteiger partial charge in [0.2, 0.25) is 5.91 Å². The highest BCUT2D eigenvalue weighted by Crippen LogP contribution is 2.28. The Hall–Kier alpha value is -3.88. The van der Waals surface area contributed by atoms with Gasteiger partial charge in [0.1, 0.15) is 11.9 Å². The number of anilines is 1. The van der Waals surface area contributed by atoms with Crippen LogP contribution in [0.4, 0.5) is 10.5 Å². The van der Waals surface area contributed by atoms with Gasteiger partial charge in [-0.3, -0.25) is 15.1 Å². The van der Waals surface area contributed by atoms with Gasteiger partial charge in [-0.05, 0) is 48.6 Å². The monoisotopic (exact) mass is 558 g/mol. The maximum atomic E-state index is 13.1. The number of likely N-dealkylation sites (tertiary alicyclic amines) is 1. The Balaban J connectivity index is 1.20. The van der Waals surface area contributed by atoms with E-state index in [-0.39, 0.29) is 17.8 Å². The van der Waals surface area contributed by atoms with E-state index in [2.05, 4.69) is 22.6 Å². The van der Waals surface area contributed by atoms with Gasteiger partial charge >= 0.3 is 6.09 Å². The number of ether oxygens (including phenoxy) is 1. The smallest absolute Gasteiger partial charge is 0.411 e. The third-order valence-corrected chi connectivity index (χ3v) is 7.40. The molecular formula is C33H42N4O4. The third-order valence-electron chi connectivity index (χ3n) is 7.40. The summed E-state index contributed by atoms with van der Waals surface area (Å²) in [5.41, 5.74) is 7.00. The summed E-state index contributed by atoms with van der Waals surface area (Å²) in [7, 11) is 0. The average molecular weight is 559 g/mol. The van der Waals surface area contributed by atoms with Crippen LogP contribution in [-0.4, -0.2) is 59.3 Å². The van der Waals surface area contributed by atoms with Gasteiger partial charge in [-0.15, -0.1) is 0 Å². The first-order valence-electron chi connectivity index (χ1n) is 14.7. The Morgan fingerprint density at radius 2 is 1.66 bits per heavy atom. The van der Waals surface area contributed by atoms with Gasteiger partial charge in [0.05, 0.1) is 5.69 Å². The van der Waals surface area contributed by atoms with Crippen LogP contribution in [-0.2, 0) is 16.1 Å². The van der Waals surface area contributed by atoms with Crippen LogP contribution in [0.1, 0.15) is 51.0 Å². The molecule has 1 aliphatic heterocycles. The molecule has 0 aliphatic carbocycles. The van der Waals surface area contributed by atoms with Crippen LogP contribution in [0.15, 0.2) is 78.9 Å². The first-order valence-corrected chi connectivity index (χ1v) is 14.7. The Labute approximate surface area is 243 Å². The SMILES string of the molecule is CCCCCN(NCc1ccc(O)cc1)C(=O)CCN1CCC(OC(=O)Nc2ccccc2-c2ccccc2)CC1. The van der Waals surface area contributed by atoms with Crippen LogP contribution in [0.25, 0.3) is 11.1 Å². The molecule has 4 rings (SSSR count). The van der Waals surface area contributed by atoms with Gasteiger partial charge < -0.3 is 14.7 Å². The number of hydrazine groups is 1. The molecule has 2 amide bonds. The van der Waals surface area contributed by atoms with E-state index in [0.29, 0.717) is 26.1 Å². The number of para-hydroxylation sites is 1. The van der Waals surface area contributed by atoms with Gasteiger partial charge in [0.15, 0.2) is 0 Å². The minimum atomic E-state index is -0.440. The fourth-order valence-electron chi connectivity index (χ4n) is 5.00. The van der Waals surface area contributed by atoms with E-state index in [1.807, 2.05) is 66.7 Å². The Morgan fingerprint density at radius 3 is 2.39 bits per heavy atom. The summed E-state index contributed by atoms with van der Waals surface area (Å²) in [6.45, 7) is 5.58. The molecule has 3 N–H and O–H groups in total. The van der Waals surface area contributed by atoms with Gasteiger partial charge in [-0.1, -0.05) is 80.4 Å². The zero-order valence-corrected chi connectivity index (χ0v) is 23.9. The number of rotatable bonds is 13. The number of phenols is 1. The predicted octanol–water partition coefficient (Wildman–Crippen LogP) is 6.19. The van der Waals surface area contributed by atoms with Crippen molar-refractivity contribution in [2.75, 3.05) is 31.5 Å². The third kappa shape index (κ3) is 9.62. The van der Waals surface area contributed by atoms with Crippen molar-refractivity contribution >= 4 is 17.7 Å². The Bertz CT molecular complexity index is 1230. The quantitative estimate of drug-likeness (QED) is 0.171. The first kappa shape index (κ1) is 30.1. The molecule has 8 nitrogen and oxygen atoms in total. The maximum absolute atomic E-state index is 13.1. The Morgan fingerprint density at radius 1 is 0.951 bits per heavy atom. The number of nitrogens with zero attached hydrogens (tertiary/aromatic N) is 2. The number of unbranched alkanes of at least 4 members (excludes halogenated alkanes) is 2. The van der Waals surface area contributed by atoms with Crippen molar-refractivity contribution in [3.05, 3.63) is 84.4 Å². The van der Waals surface area contributed by atoms with Crippen molar-refractivity contribution in [2.45, 2.75) is 58.1 Å². The van der Waals surface area contributed by atoms with Crippen molar-refractivity contribution in [3.63, 3.8) is 0 Å². The van der Waals surface area contributed by atoms with Gasteiger partial charge in [-0.2, -0.15) is 0 Å². The van der Waals surface area contributed by atoms with Crippen molar-refractivity contribution in [1.82, 2.24) is 15.3 Å². The average Bonchev–Trinajstić information content (AvgIpc) is 3.00. The summed E-state index contributed by atoms with van der Waals surface area (Å²) in [6.07, 6.45) is 4.43. The lowest BCUT2D eigenvalue weighted by Gasteiger charge is -2.32. The van der Waals surface area contributed by atoms with E-state index in [1.165, 1.54) is 0 Å². The largest absolute Gasteiger partial charge is 0.508 e. The molecule has 41 heavy (non-hydrogen) atoms. The summed E-state index contributed by atoms with van der Waals surface area (Å²) < 4.78 is 5.76. The second-order valence-corrected chi connectivity index (χ2v) is 10.5. The number of phenolic OH excluding ortho intramolecular Hbond substituents is 1. The van der Waals surface area contributed by atoms with Gasteiger partial charge in [0.25, 0.3) is 0 Å². The molecule has 1 aliphatic rings. The zero-order valence-electron chi connectivity index (χ0n) is 23.9. The van der Waals surface area contributed by atoms with E-state index in [0.717, 1.165) is 67.6 Å². The molecule has 3 aromatic rings. The molecule has 0 bridgehead atoms. The summed E-state index contributed by atoms with van der Waals surface area (Å²) in [4.78, 5) is 28.1. The number of benzene rings is 3. The Kier molecular flexibility index (Phi) is 11.6. The predicted molar refractivity (Wildman–Crippen MR) is 162 cm³/mol. The van der Waals surface area contributed by atoms with Crippen molar-refractivity contribution in [1.29, 1.82) is 0 Å².